The lowest BCUT2D eigenvalue weighted by Crippen LogP contribution is -2.46. The van der Waals surface area contributed by atoms with Gasteiger partial charge in [0.1, 0.15) is 5.15 Å². The zero-order chi connectivity index (χ0) is 15.6. The van der Waals surface area contributed by atoms with E-state index in [0.29, 0.717) is 36.1 Å². The molecule has 1 aliphatic heterocycles. The van der Waals surface area contributed by atoms with Crippen LogP contribution in [0, 0.1) is 6.92 Å². The summed E-state index contributed by atoms with van der Waals surface area (Å²) in [6.45, 7) is 5.20. The predicted octanol–water partition coefficient (Wildman–Crippen LogP) is 1.18. The molecule has 0 aliphatic carbocycles. The van der Waals surface area contributed by atoms with Crippen LogP contribution in [0.5, 0.6) is 0 Å². The van der Waals surface area contributed by atoms with Gasteiger partial charge in [0, 0.05) is 19.6 Å². The zero-order valence-electron chi connectivity index (χ0n) is 12.0. The summed E-state index contributed by atoms with van der Waals surface area (Å²) in [6, 6.07) is 0. The molecule has 1 fully saturated rings. The highest BCUT2D eigenvalue weighted by Crippen LogP contribution is 2.23. The lowest BCUT2D eigenvalue weighted by Gasteiger charge is -2.32. The number of ether oxygens (including phenoxy) is 1. The number of nitrogens with zero attached hydrogens (tertiary/aromatic N) is 3. The van der Waals surface area contributed by atoms with Crippen molar-refractivity contribution in [1.82, 2.24) is 14.7 Å². The molecular formula is C13H18ClN3O4. The summed E-state index contributed by atoms with van der Waals surface area (Å²) in [7, 11) is 0. The van der Waals surface area contributed by atoms with Crippen LogP contribution in [0.25, 0.3) is 0 Å². The first-order valence-electron chi connectivity index (χ1n) is 6.79. The highest BCUT2D eigenvalue weighted by Gasteiger charge is 2.30. The smallest absolute Gasteiger partial charge is 0.306 e. The third-order valence-electron chi connectivity index (χ3n) is 3.41. The van der Waals surface area contributed by atoms with Gasteiger partial charge in [-0.2, -0.15) is 5.10 Å². The van der Waals surface area contributed by atoms with Crippen molar-refractivity contribution in [3.63, 3.8) is 0 Å². The lowest BCUT2D eigenvalue weighted by atomic mass is 10.1. The first-order valence-corrected chi connectivity index (χ1v) is 7.17. The number of hydrogen-bond donors (Lipinski definition) is 1. The molecule has 1 aromatic rings. The molecule has 1 amide bonds. The molecule has 0 radical (unpaired) electrons. The Balaban J connectivity index is 2.16. The number of carboxylic acid groups (broad SMARTS) is 1. The van der Waals surface area contributed by atoms with Gasteiger partial charge in [-0.3, -0.25) is 14.3 Å². The summed E-state index contributed by atoms with van der Waals surface area (Å²) in [5.41, 5.74) is 0.961. The van der Waals surface area contributed by atoms with Crippen molar-refractivity contribution in [3.05, 3.63) is 16.4 Å². The number of morpholine rings is 1. The minimum absolute atomic E-state index is 0.120. The van der Waals surface area contributed by atoms with E-state index in [4.69, 9.17) is 21.4 Å². The van der Waals surface area contributed by atoms with Crippen LogP contribution >= 0.6 is 11.6 Å². The van der Waals surface area contributed by atoms with Gasteiger partial charge in [-0.05, 0) is 13.8 Å². The standard InChI is InChI=1S/C13H18ClN3O4/c1-3-17-12(14)11(8(2)15-17)13(20)16-4-5-21-9(7-16)6-10(18)19/h9H,3-7H2,1-2H3,(H,18,19)/t9-/m0/s1. The highest BCUT2D eigenvalue weighted by atomic mass is 35.5. The maximum Gasteiger partial charge on any atom is 0.306 e. The Morgan fingerprint density at radius 3 is 2.81 bits per heavy atom. The molecule has 0 unspecified atom stereocenters. The van der Waals surface area contributed by atoms with Gasteiger partial charge in [0.2, 0.25) is 0 Å². The van der Waals surface area contributed by atoms with Crippen molar-refractivity contribution in [3.8, 4) is 0 Å². The molecule has 1 N–H and O–H groups in total. The van der Waals surface area contributed by atoms with E-state index in [1.54, 1.807) is 16.5 Å². The molecular weight excluding hydrogens is 298 g/mol. The number of amides is 1. The number of aliphatic carboxylic acids is 1. The molecule has 116 valence electrons. The quantitative estimate of drug-likeness (QED) is 0.902. The van der Waals surface area contributed by atoms with Crippen molar-refractivity contribution in [2.45, 2.75) is 32.9 Å². The van der Waals surface area contributed by atoms with E-state index in [9.17, 15) is 9.59 Å². The Hall–Kier alpha value is -1.60. The summed E-state index contributed by atoms with van der Waals surface area (Å²) in [6.07, 6.45) is -0.606. The Kier molecular flexibility index (Phi) is 4.84. The number of carbonyl (C=O) groups excluding carboxylic acids is 1. The molecule has 2 heterocycles. The maximum atomic E-state index is 12.6. The zero-order valence-corrected chi connectivity index (χ0v) is 12.8. The molecule has 8 heteroatoms. The van der Waals surface area contributed by atoms with E-state index >= 15 is 0 Å². The van der Waals surface area contributed by atoms with E-state index in [1.807, 2.05) is 6.92 Å². The molecule has 1 aliphatic rings. The van der Waals surface area contributed by atoms with Crippen LogP contribution in [0.1, 0.15) is 29.4 Å². The van der Waals surface area contributed by atoms with Gasteiger partial charge in [0.15, 0.2) is 0 Å². The van der Waals surface area contributed by atoms with Gasteiger partial charge in [0.05, 0.1) is 30.4 Å². The average molecular weight is 316 g/mol. The summed E-state index contributed by atoms with van der Waals surface area (Å²) in [5, 5.41) is 13.4. The SMILES string of the molecule is CCn1nc(C)c(C(=O)N2CCO[C@@H](CC(=O)O)C2)c1Cl. The van der Waals surface area contributed by atoms with Crippen molar-refractivity contribution in [2.24, 2.45) is 0 Å². The number of halogens is 1. The minimum atomic E-state index is -0.942. The average Bonchev–Trinajstić information content (AvgIpc) is 2.72. The molecule has 0 aromatic carbocycles. The number of carbonyl (C=O) groups is 2. The first-order chi connectivity index (χ1) is 9.93. The normalized spacial score (nSPS) is 18.8. The largest absolute Gasteiger partial charge is 0.481 e. The molecule has 2 rings (SSSR count). The number of hydrogen-bond acceptors (Lipinski definition) is 4. The van der Waals surface area contributed by atoms with Gasteiger partial charge >= 0.3 is 5.97 Å². The van der Waals surface area contributed by atoms with E-state index in [1.165, 1.54) is 0 Å². The van der Waals surface area contributed by atoms with Gasteiger partial charge in [-0.15, -0.1) is 0 Å². The number of aromatic nitrogens is 2. The first kappa shape index (κ1) is 15.8. The Morgan fingerprint density at radius 2 is 2.24 bits per heavy atom. The van der Waals surface area contributed by atoms with E-state index < -0.39 is 12.1 Å². The van der Waals surface area contributed by atoms with Crippen LogP contribution in [0.4, 0.5) is 0 Å². The third-order valence-corrected chi connectivity index (χ3v) is 3.79. The van der Waals surface area contributed by atoms with Crippen LogP contribution in [0.3, 0.4) is 0 Å². The van der Waals surface area contributed by atoms with E-state index in [0.717, 1.165) is 0 Å². The third kappa shape index (κ3) is 3.36. The second kappa shape index (κ2) is 6.44. The molecule has 7 nitrogen and oxygen atoms in total. The molecule has 0 spiro atoms. The van der Waals surface area contributed by atoms with E-state index in [-0.39, 0.29) is 18.9 Å². The van der Waals surface area contributed by atoms with Crippen molar-refractivity contribution >= 4 is 23.5 Å². The summed E-state index contributed by atoms with van der Waals surface area (Å²) in [4.78, 5) is 24.9. The van der Waals surface area contributed by atoms with Crippen LogP contribution in [-0.4, -0.2) is 57.5 Å². The van der Waals surface area contributed by atoms with Crippen LogP contribution < -0.4 is 0 Å². The number of aryl methyl sites for hydroxylation is 2. The molecule has 1 aromatic heterocycles. The Morgan fingerprint density at radius 1 is 1.52 bits per heavy atom. The predicted molar refractivity (Wildman–Crippen MR) is 75.5 cm³/mol. The molecule has 1 saturated heterocycles. The topological polar surface area (TPSA) is 84.7 Å². The maximum absolute atomic E-state index is 12.6. The minimum Gasteiger partial charge on any atom is -0.481 e. The second-order valence-corrected chi connectivity index (χ2v) is 5.27. The highest BCUT2D eigenvalue weighted by molar-refractivity contribution is 6.33. The second-order valence-electron chi connectivity index (χ2n) is 4.91. The molecule has 0 bridgehead atoms. The van der Waals surface area contributed by atoms with Crippen molar-refractivity contribution in [1.29, 1.82) is 0 Å². The van der Waals surface area contributed by atoms with E-state index in [2.05, 4.69) is 5.10 Å². The fourth-order valence-electron chi connectivity index (χ4n) is 2.39. The fraction of sp³-hybridized carbons (Fsp3) is 0.615. The van der Waals surface area contributed by atoms with Gasteiger partial charge in [-0.1, -0.05) is 11.6 Å². The van der Waals surface area contributed by atoms with Crippen LogP contribution in [-0.2, 0) is 16.1 Å². The van der Waals surface area contributed by atoms with Crippen molar-refractivity contribution in [2.75, 3.05) is 19.7 Å². The monoisotopic (exact) mass is 315 g/mol. The lowest BCUT2D eigenvalue weighted by molar-refractivity contribution is -0.141. The molecule has 21 heavy (non-hydrogen) atoms. The van der Waals surface area contributed by atoms with Crippen LogP contribution in [0.2, 0.25) is 5.15 Å². The van der Waals surface area contributed by atoms with Gasteiger partial charge in [0.25, 0.3) is 5.91 Å². The molecule has 0 saturated carbocycles. The number of rotatable bonds is 4. The summed E-state index contributed by atoms with van der Waals surface area (Å²) < 4.78 is 6.93. The summed E-state index contributed by atoms with van der Waals surface area (Å²) >= 11 is 6.19. The summed E-state index contributed by atoms with van der Waals surface area (Å²) in [5.74, 6) is -1.17. The van der Waals surface area contributed by atoms with Gasteiger partial charge < -0.3 is 14.7 Å². The van der Waals surface area contributed by atoms with Crippen molar-refractivity contribution < 1.29 is 19.4 Å². The Bertz CT molecular complexity index is 558. The van der Waals surface area contributed by atoms with Gasteiger partial charge in [-0.25, -0.2) is 0 Å². The molecule has 1 atom stereocenters. The Labute approximate surface area is 127 Å². The number of carboxylic acids is 1. The van der Waals surface area contributed by atoms with Crippen LogP contribution in [0.15, 0.2) is 0 Å². The fourth-order valence-corrected chi connectivity index (χ4v) is 2.76.